The summed E-state index contributed by atoms with van der Waals surface area (Å²) in [6.07, 6.45) is -5.10. The Morgan fingerprint density at radius 2 is 1.76 bits per heavy atom. The van der Waals surface area contributed by atoms with E-state index in [9.17, 15) is 13.2 Å². The first-order valence-corrected chi connectivity index (χ1v) is 6.32. The first-order valence-electron chi connectivity index (χ1n) is 5.19. The molecule has 0 fully saturated rings. The monoisotopic (exact) mass is 310 g/mol. The zero-order valence-corrected chi connectivity index (χ0v) is 11.0. The second-order valence-electron chi connectivity index (χ2n) is 3.94. The Labute approximate surface area is 107 Å². The van der Waals surface area contributed by atoms with Crippen molar-refractivity contribution in [2.45, 2.75) is 25.1 Å². The molecule has 1 nitrogen and oxygen atoms in total. The van der Waals surface area contributed by atoms with Crippen molar-refractivity contribution in [3.05, 3.63) is 35.9 Å². The summed E-state index contributed by atoms with van der Waals surface area (Å²) in [5.74, 6) is 0. The zero-order chi connectivity index (χ0) is 12.9. The standard InChI is InChI=1S/C12H14BrF3O/c1-11(9-13,10-5-3-2-4-6-10)17-8-7-12(14,15)16/h2-6H,7-9H2,1H3. The highest BCUT2D eigenvalue weighted by atomic mass is 79.9. The van der Waals surface area contributed by atoms with E-state index in [-0.39, 0.29) is 6.61 Å². The second-order valence-corrected chi connectivity index (χ2v) is 4.50. The van der Waals surface area contributed by atoms with Crippen LogP contribution in [0.3, 0.4) is 0 Å². The van der Waals surface area contributed by atoms with Crippen molar-refractivity contribution in [3.8, 4) is 0 Å². The minimum atomic E-state index is -4.18. The van der Waals surface area contributed by atoms with Crippen molar-refractivity contribution in [2.75, 3.05) is 11.9 Å². The van der Waals surface area contributed by atoms with Gasteiger partial charge in [-0.25, -0.2) is 0 Å². The number of hydrogen-bond acceptors (Lipinski definition) is 1. The highest BCUT2D eigenvalue weighted by Crippen LogP contribution is 2.29. The topological polar surface area (TPSA) is 9.23 Å². The van der Waals surface area contributed by atoms with Crippen molar-refractivity contribution >= 4 is 15.9 Å². The van der Waals surface area contributed by atoms with Crippen LogP contribution < -0.4 is 0 Å². The summed E-state index contributed by atoms with van der Waals surface area (Å²) in [7, 11) is 0. The van der Waals surface area contributed by atoms with Crippen LogP contribution in [0.4, 0.5) is 13.2 Å². The average molecular weight is 311 g/mol. The lowest BCUT2D eigenvalue weighted by atomic mass is 9.98. The summed E-state index contributed by atoms with van der Waals surface area (Å²) < 4.78 is 41.5. The molecule has 0 saturated heterocycles. The van der Waals surface area contributed by atoms with Crippen LogP contribution in [0.15, 0.2) is 30.3 Å². The van der Waals surface area contributed by atoms with Crippen LogP contribution in [0.25, 0.3) is 0 Å². The fraction of sp³-hybridized carbons (Fsp3) is 0.500. The van der Waals surface area contributed by atoms with Gasteiger partial charge < -0.3 is 4.74 Å². The fourth-order valence-electron chi connectivity index (χ4n) is 1.38. The van der Waals surface area contributed by atoms with Crippen molar-refractivity contribution in [2.24, 2.45) is 0 Å². The van der Waals surface area contributed by atoms with Crippen LogP contribution >= 0.6 is 15.9 Å². The van der Waals surface area contributed by atoms with Gasteiger partial charge in [-0.05, 0) is 12.5 Å². The van der Waals surface area contributed by atoms with Gasteiger partial charge in [-0.1, -0.05) is 46.3 Å². The van der Waals surface area contributed by atoms with Gasteiger partial charge in [-0.15, -0.1) is 0 Å². The number of halogens is 4. The van der Waals surface area contributed by atoms with E-state index in [4.69, 9.17) is 4.74 Å². The van der Waals surface area contributed by atoms with Crippen molar-refractivity contribution in [1.29, 1.82) is 0 Å². The minimum absolute atomic E-state index is 0.333. The molecule has 0 aliphatic heterocycles. The summed E-state index contributed by atoms with van der Waals surface area (Å²) >= 11 is 3.28. The van der Waals surface area contributed by atoms with Gasteiger partial charge in [0.15, 0.2) is 0 Å². The lowest BCUT2D eigenvalue weighted by molar-refractivity contribution is -0.155. The quantitative estimate of drug-likeness (QED) is 0.738. The second kappa shape index (κ2) is 5.87. The third kappa shape index (κ3) is 4.68. The summed E-state index contributed by atoms with van der Waals surface area (Å²) in [6, 6.07) is 9.21. The van der Waals surface area contributed by atoms with Gasteiger partial charge in [-0.3, -0.25) is 0 Å². The highest BCUT2D eigenvalue weighted by Gasteiger charge is 2.31. The van der Waals surface area contributed by atoms with E-state index in [0.717, 1.165) is 5.56 Å². The molecule has 96 valence electrons. The maximum Gasteiger partial charge on any atom is 0.391 e. The molecular formula is C12H14BrF3O. The predicted molar refractivity (Wildman–Crippen MR) is 64.2 cm³/mol. The number of ether oxygens (including phenoxy) is 1. The van der Waals surface area contributed by atoms with Gasteiger partial charge in [0.05, 0.1) is 18.6 Å². The molecule has 0 bridgehead atoms. The molecule has 1 atom stereocenters. The van der Waals surface area contributed by atoms with Crippen molar-refractivity contribution < 1.29 is 17.9 Å². The Morgan fingerprint density at radius 1 is 1.18 bits per heavy atom. The Morgan fingerprint density at radius 3 is 2.24 bits per heavy atom. The highest BCUT2D eigenvalue weighted by molar-refractivity contribution is 9.09. The summed E-state index contributed by atoms with van der Waals surface area (Å²) in [6.45, 7) is 1.44. The van der Waals surface area contributed by atoms with Gasteiger partial charge in [0.2, 0.25) is 0 Å². The molecule has 1 unspecified atom stereocenters. The SMILES string of the molecule is CC(CBr)(OCCC(F)(F)F)c1ccccc1. The van der Waals surface area contributed by atoms with Crippen LogP contribution in [-0.4, -0.2) is 18.1 Å². The first kappa shape index (κ1) is 14.5. The fourth-order valence-corrected chi connectivity index (χ4v) is 1.87. The molecule has 1 aromatic rings. The van der Waals surface area contributed by atoms with Crippen LogP contribution in [0.2, 0.25) is 0 Å². The lowest BCUT2D eigenvalue weighted by Crippen LogP contribution is -2.29. The Hall–Kier alpha value is -0.550. The molecule has 5 heteroatoms. The molecule has 0 radical (unpaired) electrons. The number of hydrogen-bond donors (Lipinski definition) is 0. The maximum atomic E-state index is 12.0. The predicted octanol–water partition coefficient (Wildman–Crippen LogP) is 4.27. The van der Waals surface area contributed by atoms with Gasteiger partial charge in [0, 0.05) is 5.33 Å². The maximum absolute atomic E-state index is 12.0. The molecule has 0 aromatic heterocycles. The van der Waals surface area contributed by atoms with E-state index in [0.29, 0.717) is 5.33 Å². The number of benzene rings is 1. The summed E-state index contributed by atoms with van der Waals surface area (Å²) in [5, 5.41) is 0.446. The largest absolute Gasteiger partial charge is 0.391 e. The van der Waals surface area contributed by atoms with Crippen LogP contribution in [0, 0.1) is 0 Å². The first-order chi connectivity index (χ1) is 7.87. The summed E-state index contributed by atoms with van der Waals surface area (Å²) in [4.78, 5) is 0. The molecule has 17 heavy (non-hydrogen) atoms. The Kier molecular flexibility index (Phi) is 5.01. The van der Waals surface area contributed by atoms with Crippen molar-refractivity contribution in [1.82, 2.24) is 0 Å². The molecule has 0 heterocycles. The number of rotatable bonds is 5. The Bertz CT molecular complexity index is 339. The summed E-state index contributed by atoms with van der Waals surface area (Å²) in [5.41, 5.74) is 0.131. The Balaban J connectivity index is 2.64. The molecular weight excluding hydrogens is 297 g/mol. The zero-order valence-electron chi connectivity index (χ0n) is 9.43. The molecule has 0 saturated carbocycles. The molecule has 1 rings (SSSR count). The van der Waals surface area contributed by atoms with Gasteiger partial charge >= 0.3 is 6.18 Å². The van der Waals surface area contributed by atoms with E-state index in [1.54, 1.807) is 6.92 Å². The van der Waals surface area contributed by atoms with E-state index in [2.05, 4.69) is 15.9 Å². The number of alkyl halides is 4. The van der Waals surface area contributed by atoms with Crippen molar-refractivity contribution in [3.63, 3.8) is 0 Å². The molecule has 0 aliphatic carbocycles. The smallest absolute Gasteiger partial charge is 0.369 e. The van der Waals surface area contributed by atoms with E-state index >= 15 is 0 Å². The lowest BCUT2D eigenvalue weighted by Gasteiger charge is -2.28. The van der Waals surface area contributed by atoms with Gasteiger partial charge in [0.25, 0.3) is 0 Å². The molecule has 0 spiro atoms. The van der Waals surface area contributed by atoms with E-state index < -0.39 is 18.2 Å². The molecule has 0 N–H and O–H groups in total. The molecule has 0 amide bonds. The van der Waals surface area contributed by atoms with Gasteiger partial charge in [-0.2, -0.15) is 13.2 Å². The van der Waals surface area contributed by atoms with E-state index in [1.807, 2.05) is 30.3 Å². The molecule has 1 aromatic carbocycles. The van der Waals surface area contributed by atoms with Gasteiger partial charge in [0.1, 0.15) is 0 Å². The van der Waals surface area contributed by atoms with Crippen LogP contribution in [0.1, 0.15) is 18.9 Å². The third-order valence-electron chi connectivity index (χ3n) is 2.45. The normalized spacial score (nSPS) is 15.6. The average Bonchev–Trinajstić information content (AvgIpc) is 2.28. The van der Waals surface area contributed by atoms with Crippen LogP contribution in [0.5, 0.6) is 0 Å². The van der Waals surface area contributed by atoms with E-state index in [1.165, 1.54) is 0 Å². The molecule has 0 aliphatic rings. The third-order valence-corrected chi connectivity index (χ3v) is 3.52. The van der Waals surface area contributed by atoms with Crippen LogP contribution in [-0.2, 0) is 10.3 Å². The minimum Gasteiger partial charge on any atom is -0.369 e.